The molecule has 0 fully saturated rings. The molecule has 28 heavy (non-hydrogen) atoms. The zero-order valence-electron chi connectivity index (χ0n) is 14.7. The summed E-state index contributed by atoms with van der Waals surface area (Å²) in [6, 6.07) is 4.42. The van der Waals surface area contributed by atoms with Crippen molar-refractivity contribution in [2.75, 3.05) is 0 Å². The second kappa shape index (κ2) is 6.87. The molecule has 0 saturated carbocycles. The highest BCUT2D eigenvalue weighted by atomic mass is 19.4. The van der Waals surface area contributed by atoms with E-state index in [0.717, 1.165) is 21.3 Å². The largest absolute Gasteiger partial charge is 0.494 e. The second-order valence-corrected chi connectivity index (χ2v) is 5.92. The average Bonchev–Trinajstić information content (AvgIpc) is 3.08. The summed E-state index contributed by atoms with van der Waals surface area (Å²) in [5.41, 5.74) is -2.40. The number of rotatable bonds is 2. The predicted octanol–water partition coefficient (Wildman–Crippen LogP) is 2.47. The first kappa shape index (κ1) is 19.2. The van der Waals surface area contributed by atoms with Crippen molar-refractivity contribution in [1.82, 2.24) is 9.13 Å². The van der Waals surface area contributed by atoms with E-state index in [9.17, 15) is 27.9 Å². The molecule has 0 amide bonds. The first-order chi connectivity index (χ1) is 13.1. The Morgan fingerprint density at radius 2 is 1.86 bits per heavy atom. The van der Waals surface area contributed by atoms with Crippen LogP contribution in [-0.4, -0.2) is 20.1 Å². The van der Waals surface area contributed by atoms with Gasteiger partial charge in [0.05, 0.1) is 11.3 Å². The van der Waals surface area contributed by atoms with Gasteiger partial charge in [-0.05, 0) is 30.4 Å². The van der Waals surface area contributed by atoms with Crippen molar-refractivity contribution in [2.24, 2.45) is 19.1 Å². The number of aliphatic imine (C=N–C) groups is 1. The molecule has 146 valence electrons. The van der Waals surface area contributed by atoms with E-state index in [0.29, 0.717) is 0 Å². The average molecular weight is 393 g/mol. The third-order valence-electron chi connectivity index (χ3n) is 3.98. The van der Waals surface area contributed by atoms with E-state index in [2.05, 4.69) is 4.99 Å². The summed E-state index contributed by atoms with van der Waals surface area (Å²) in [5, 5.41) is 10.0. The van der Waals surface area contributed by atoms with Gasteiger partial charge in [0.25, 0.3) is 5.56 Å². The standard InChI is InChI=1S/C18H14F3N3O4/c1-23-15(25)13(16(26)24(2)17(23)27)9-12-6-7-14(28-12)22-11-5-3-4-10(8-11)18(19,20)21/h3-9,25H,1-2H3. The van der Waals surface area contributed by atoms with E-state index in [4.69, 9.17) is 4.74 Å². The predicted molar refractivity (Wildman–Crippen MR) is 95.3 cm³/mol. The van der Waals surface area contributed by atoms with E-state index in [1.54, 1.807) is 0 Å². The maximum absolute atomic E-state index is 12.8. The van der Waals surface area contributed by atoms with Crippen molar-refractivity contribution < 1.29 is 23.0 Å². The minimum atomic E-state index is -4.49. The maximum Gasteiger partial charge on any atom is 0.416 e. The minimum Gasteiger partial charge on any atom is -0.494 e. The van der Waals surface area contributed by atoms with Crippen molar-refractivity contribution in [2.45, 2.75) is 6.18 Å². The molecule has 0 unspecified atom stereocenters. The summed E-state index contributed by atoms with van der Waals surface area (Å²) < 4.78 is 45.4. The Balaban J connectivity index is 1.92. The summed E-state index contributed by atoms with van der Waals surface area (Å²) in [7, 11) is 2.56. The lowest BCUT2D eigenvalue weighted by molar-refractivity contribution is -0.137. The monoisotopic (exact) mass is 393 g/mol. The number of alkyl halides is 3. The molecule has 0 radical (unpaired) electrons. The molecular weight excluding hydrogens is 379 g/mol. The van der Waals surface area contributed by atoms with Crippen LogP contribution in [0.4, 0.5) is 18.9 Å². The molecule has 1 N–H and O–H groups in total. The molecule has 0 spiro atoms. The van der Waals surface area contributed by atoms with Crippen LogP contribution in [0.1, 0.15) is 11.1 Å². The number of aromatic nitrogens is 2. The number of aromatic hydroxyl groups is 1. The van der Waals surface area contributed by atoms with Gasteiger partial charge >= 0.3 is 11.9 Å². The lowest BCUT2D eigenvalue weighted by atomic mass is 10.2. The van der Waals surface area contributed by atoms with Crippen LogP contribution in [0.25, 0.3) is 6.08 Å². The number of benzene rings is 1. The van der Waals surface area contributed by atoms with E-state index in [1.807, 2.05) is 0 Å². The van der Waals surface area contributed by atoms with Gasteiger partial charge < -0.3 is 9.84 Å². The summed E-state index contributed by atoms with van der Waals surface area (Å²) in [4.78, 5) is 27.9. The Morgan fingerprint density at radius 3 is 2.54 bits per heavy atom. The first-order valence-corrected chi connectivity index (χ1v) is 7.90. The van der Waals surface area contributed by atoms with Gasteiger partial charge in [0.1, 0.15) is 11.3 Å². The summed E-state index contributed by atoms with van der Waals surface area (Å²) in [6.07, 6.45) is -0.456. The molecule has 1 aromatic carbocycles. The molecule has 0 atom stereocenters. The van der Waals surface area contributed by atoms with Crippen molar-refractivity contribution in [3.8, 4) is 5.88 Å². The highest BCUT2D eigenvalue weighted by Crippen LogP contribution is 2.31. The molecule has 0 bridgehead atoms. The van der Waals surface area contributed by atoms with Gasteiger partial charge in [-0.15, -0.1) is 0 Å². The molecule has 1 aliphatic rings. The smallest absolute Gasteiger partial charge is 0.416 e. The molecule has 3 rings (SSSR count). The summed E-state index contributed by atoms with van der Waals surface area (Å²) in [6.45, 7) is 0. The van der Waals surface area contributed by atoms with Crippen molar-refractivity contribution in [3.05, 3.63) is 74.1 Å². The maximum atomic E-state index is 12.8. The Labute approximate surface area is 156 Å². The highest BCUT2D eigenvalue weighted by Gasteiger charge is 2.30. The molecular formula is C18H14F3N3O4. The van der Waals surface area contributed by atoms with Gasteiger partial charge in [0.15, 0.2) is 0 Å². The van der Waals surface area contributed by atoms with Crippen molar-refractivity contribution >= 4 is 17.7 Å². The fraction of sp³-hybridized carbons (Fsp3) is 0.167. The molecule has 10 heteroatoms. The number of hydrogen-bond donors (Lipinski definition) is 1. The third-order valence-corrected chi connectivity index (χ3v) is 3.98. The van der Waals surface area contributed by atoms with Crippen LogP contribution < -0.4 is 11.2 Å². The fourth-order valence-corrected chi connectivity index (χ4v) is 2.49. The van der Waals surface area contributed by atoms with Crippen LogP contribution >= 0.6 is 0 Å². The van der Waals surface area contributed by atoms with Crippen LogP contribution in [0.2, 0.25) is 0 Å². The van der Waals surface area contributed by atoms with E-state index < -0.39 is 28.9 Å². The Kier molecular flexibility index (Phi) is 4.72. The van der Waals surface area contributed by atoms with E-state index in [1.165, 1.54) is 44.5 Å². The van der Waals surface area contributed by atoms with Gasteiger partial charge in [-0.25, -0.2) is 9.79 Å². The molecule has 2 aromatic rings. The van der Waals surface area contributed by atoms with Crippen molar-refractivity contribution in [3.63, 3.8) is 0 Å². The summed E-state index contributed by atoms with van der Waals surface area (Å²) in [5.74, 6) is -0.413. The lowest BCUT2D eigenvalue weighted by Gasteiger charge is -2.08. The van der Waals surface area contributed by atoms with Gasteiger partial charge in [0, 0.05) is 20.2 Å². The Hall–Kier alpha value is -3.56. The molecule has 1 aliphatic heterocycles. The van der Waals surface area contributed by atoms with Crippen LogP contribution in [0.5, 0.6) is 5.88 Å². The van der Waals surface area contributed by atoms with Gasteiger partial charge in [-0.1, -0.05) is 6.07 Å². The van der Waals surface area contributed by atoms with Gasteiger partial charge in [-0.2, -0.15) is 13.2 Å². The van der Waals surface area contributed by atoms with E-state index >= 15 is 0 Å². The van der Waals surface area contributed by atoms with Crippen molar-refractivity contribution in [1.29, 1.82) is 0 Å². The number of allylic oxidation sites excluding steroid dienone is 1. The van der Waals surface area contributed by atoms with Gasteiger partial charge in [-0.3, -0.25) is 13.9 Å². The molecule has 0 aliphatic carbocycles. The number of hydrogen-bond acceptors (Lipinski definition) is 5. The zero-order valence-corrected chi connectivity index (χ0v) is 14.7. The summed E-state index contributed by atoms with van der Waals surface area (Å²) >= 11 is 0. The molecule has 1 aromatic heterocycles. The zero-order chi connectivity index (χ0) is 20.6. The lowest BCUT2D eigenvalue weighted by Crippen LogP contribution is -2.38. The van der Waals surface area contributed by atoms with E-state index in [-0.39, 0.29) is 22.9 Å². The molecule has 2 heterocycles. The third kappa shape index (κ3) is 3.61. The Morgan fingerprint density at radius 1 is 1.14 bits per heavy atom. The normalized spacial score (nSPS) is 16.8. The van der Waals surface area contributed by atoms with Crippen LogP contribution in [-0.2, 0) is 25.0 Å². The molecule has 0 saturated heterocycles. The number of nitrogens with zero attached hydrogens (tertiary/aromatic N) is 3. The SMILES string of the molecule is Cn1c(O)c(C=C2C=CC(=Nc3cccc(C(F)(F)F)c3)O2)c(=O)n(C)c1=O. The number of halogens is 3. The first-order valence-electron chi connectivity index (χ1n) is 7.90. The fourth-order valence-electron chi connectivity index (χ4n) is 2.49. The highest BCUT2D eigenvalue weighted by molar-refractivity contribution is 5.94. The second-order valence-electron chi connectivity index (χ2n) is 5.92. The molecule has 7 nitrogen and oxygen atoms in total. The minimum absolute atomic E-state index is 0.00621. The quantitative estimate of drug-likeness (QED) is 0.850. The number of ether oxygens (including phenoxy) is 1. The van der Waals surface area contributed by atoms with Gasteiger partial charge in [0.2, 0.25) is 11.8 Å². The topological polar surface area (TPSA) is 85.8 Å². The Bertz CT molecular complexity index is 1150. The van der Waals surface area contributed by atoms with Crippen LogP contribution in [0, 0.1) is 0 Å². The van der Waals surface area contributed by atoms with Crippen LogP contribution in [0.15, 0.2) is 56.8 Å². The van der Waals surface area contributed by atoms with Crippen LogP contribution in [0.3, 0.4) is 0 Å².